The Balaban J connectivity index is 2.13. The summed E-state index contributed by atoms with van der Waals surface area (Å²) in [5.41, 5.74) is 0.701. The van der Waals surface area contributed by atoms with E-state index in [0.29, 0.717) is 0 Å². The average molecular weight is 361 g/mol. The maximum atomic E-state index is 13.0. The molecule has 0 bridgehead atoms. The molecule has 2 aromatic carbocycles. The second kappa shape index (κ2) is 9.28. The van der Waals surface area contributed by atoms with Crippen molar-refractivity contribution in [3.8, 4) is 0 Å². The van der Waals surface area contributed by atoms with Gasteiger partial charge in [-0.25, -0.2) is 4.79 Å². The second-order valence-corrected chi connectivity index (χ2v) is 7.04. The van der Waals surface area contributed by atoms with Crippen molar-refractivity contribution in [1.29, 1.82) is 5.41 Å². The van der Waals surface area contributed by atoms with Gasteiger partial charge in [-0.3, -0.25) is 19.0 Å². The van der Waals surface area contributed by atoms with Gasteiger partial charge in [0, 0.05) is 0 Å². The van der Waals surface area contributed by atoms with Crippen LogP contribution in [0.3, 0.4) is 0 Å². The number of hydrogen-bond acceptors (Lipinski definition) is 6. The Morgan fingerprint density at radius 2 is 1.36 bits per heavy atom. The summed E-state index contributed by atoms with van der Waals surface area (Å²) in [5, 5.41) is 7.90. The van der Waals surface area contributed by atoms with Gasteiger partial charge in [0.25, 0.3) is 0 Å². The molecule has 0 aliphatic rings. The Hall–Kier alpha value is -2.27. The Morgan fingerprint density at radius 1 is 0.920 bits per heavy atom. The van der Waals surface area contributed by atoms with Crippen LogP contribution < -0.4 is 0 Å². The Labute approximate surface area is 146 Å². The molecule has 0 saturated heterocycles. The lowest BCUT2D eigenvalue weighted by Crippen LogP contribution is -2.19. The molecule has 2 rings (SSSR count). The first-order valence-electron chi connectivity index (χ1n) is 7.78. The van der Waals surface area contributed by atoms with E-state index < -0.39 is 19.0 Å². The van der Waals surface area contributed by atoms with Crippen molar-refractivity contribution < 1.29 is 23.1 Å². The Morgan fingerprint density at radius 3 is 1.76 bits per heavy atom. The highest BCUT2D eigenvalue weighted by molar-refractivity contribution is 7.75. The number of nitrogens with one attached hydrogen (secondary N) is 1. The van der Waals surface area contributed by atoms with Crippen molar-refractivity contribution in [3.05, 3.63) is 71.8 Å². The molecule has 0 heterocycles. The van der Waals surface area contributed by atoms with Crippen LogP contribution in [0.25, 0.3) is 0 Å². The van der Waals surface area contributed by atoms with Gasteiger partial charge in [0.1, 0.15) is 0 Å². The predicted molar refractivity (Wildman–Crippen MR) is 94.4 cm³/mol. The smallest absolute Gasteiger partial charge is 0.387 e. The normalized spacial score (nSPS) is 11.1. The summed E-state index contributed by atoms with van der Waals surface area (Å²) in [5.74, 6) is -1.01. The molecule has 0 unspecified atom stereocenters. The third-order valence-electron chi connectivity index (χ3n) is 3.23. The molecule has 0 aliphatic carbocycles. The summed E-state index contributed by atoms with van der Waals surface area (Å²) < 4.78 is 28.5. The van der Waals surface area contributed by atoms with Crippen LogP contribution in [0.2, 0.25) is 0 Å². The van der Waals surface area contributed by atoms with Crippen molar-refractivity contribution in [2.45, 2.75) is 20.1 Å². The highest BCUT2D eigenvalue weighted by Gasteiger charge is 2.37. The Bertz CT molecular complexity index is 701. The van der Waals surface area contributed by atoms with E-state index in [9.17, 15) is 9.36 Å². The molecule has 0 saturated carbocycles. The maximum absolute atomic E-state index is 13.0. The van der Waals surface area contributed by atoms with Crippen LogP contribution in [0.5, 0.6) is 0 Å². The minimum atomic E-state index is -4.12. The number of benzene rings is 2. The van der Waals surface area contributed by atoms with Gasteiger partial charge in [-0.1, -0.05) is 60.7 Å². The van der Waals surface area contributed by atoms with E-state index in [2.05, 4.69) is 0 Å². The summed E-state index contributed by atoms with van der Waals surface area (Å²) >= 11 is 0. The topological polar surface area (TPSA) is 85.7 Å². The lowest BCUT2D eigenvalue weighted by molar-refractivity contribution is -0.134. The molecule has 0 fully saturated rings. The number of carbonyl (C=O) groups is 1. The van der Waals surface area contributed by atoms with E-state index in [0.717, 1.165) is 11.1 Å². The molecule has 0 aliphatic heterocycles. The summed E-state index contributed by atoms with van der Waals surface area (Å²) in [7, 11) is -4.12. The van der Waals surface area contributed by atoms with Crippen molar-refractivity contribution in [1.82, 2.24) is 0 Å². The van der Waals surface area contributed by atoms with Crippen molar-refractivity contribution in [2.75, 3.05) is 6.61 Å². The van der Waals surface area contributed by atoms with E-state index in [1.54, 1.807) is 31.2 Å². The van der Waals surface area contributed by atoms with Gasteiger partial charge >= 0.3 is 13.6 Å². The fraction of sp³-hybridized carbons (Fsp3) is 0.222. The van der Waals surface area contributed by atoms with Gasteiger partial charge in [-0.15, -0.1) is 0 Å². The van der Waals surface area contributed by atoms with Gasteiger partial charge in [-0.2, -0.15) is 0 Å². The van der Waals surface area contributed by atoms with Gasteiger partial charge in [0.05, 0.1) is 19.8 Å². The zero-order chi connectivity index (χ0) is 18.1. The minimum absolute atomic E-state index is 0.0469. The predicted octanol–water partition coefficient (Wildman–Crippen LogP) is 4.15. The summed E-state index contributed by atoms with van der Waals surface area (Å²) in [4.78, 5) is 11.8. The van der Waals surface area contributed by atoms with E-state index >= 15 is 0 Å². The van der Waals surface area contributed by atoms with Crippen LogP contribution in [0.1, 0.15) is 18.1 Å². The molecule has 0 aromatic heterocycles. The highest BCUT2D eigenvalue weighted by Crippen LogP contribution is 2.51. The monoisotopic (exact) mass is 361 g/mol. The minimum Gasteiger partial charge on any atom is -0.461 e. The van der Waals surface area contributed by atoms with Crippen LogP contribution >= 0.6 is 7.60 Å². The third kappa shape index (κ3) is 5.64. The number of esters is 1. The van der Waals surface area contributed by atoms with Gasteiger partial charge in [-0.05, 0) is 18.1 Å². The fourth-order valence-electron chi connectivity index (χ4n) is 1.95. The van der Waals surface area contributed by atoms with E-state index in [1.165, 1.54) is 0 Å². The van der Waals surface area contributed by atoms with Crippen molar-refractivity contribution >= 4 is 19.0 Å². The quantitative estimate of drug-likeness (QED) is 0.412. The molecular formula is C18H20NO5P. The second-order valence-electron chi connectivity index (χ2n) is 5.08. The molecule has 6 nitrogen and oxygen atoms in total. The molecule has 0 radical (unpaired) electrons. The van der Waals surface area contributed by atoms with Crippen molar-refractivity contribution in [3.63, 3.8) is 0 Å². The third-order valence-corrected chi connectivity index (χ3v) is 4.90. The van der Waals surface area contributed by atoms with Gasteiger partial charge in [0.2, 0.25) is 5.45 Å². The van der Waals surface area contributed by atoms with Crippen LogP contribution in [-0.4, -0.2) is 18.0 Å². The first-order valence-corrected chi connectivity index (χ1v) is 9.32. The molecule has 0 atom stereocenters. The fourth-order valence-corrected chi connectivity index (χ4v) is 3.20. The molecule has 7 heteroatoms. The van der Waals surface area contributed by atoms with Crippen molar-refractivity contribution in [2.24, 2.45) is 0 Å². The molecule has 0 spiro atoms. The van der Waals surface area contributed by atoms with Gasteiger partial charge < -0.3 is 4.74 Å². The first-order chi connectivity index (χ1) is 12.0. The maximum Gasteiger partial charge on any atom is 0.387 e. The Kier molecular flexibility index (Phi) is 7.07. The SMILES string of the molecule is CCOC(=O)C(=N)P(=O)(OCc1ccccc1)OCc1ccccc1. The molecule has 132 valence electrons. The van der Waals surface area contributed by atoms with Crippen LogP contribution in [0, 0.1) is 5.41 Å². The largest absolute Gasteiger partial charge is 0.461 e. The molecule has 0 amide bonds. The van der Waals surface area contributed by atoms with E-state index in [-0.39, 0.29) is 19.8 Å². The number of carbonyl (C=O) groups excluding carboxylic acids is 1. The summed E-state index contributed by atoms with van der Waals surface area (Å²) in [6.45, 7) is 1.58. The lowest BCUT2D eigenvalue weighted by atomic mass is 10.2. The summed E-state index contributed by atoms with van der Waals surface area (Å²) in [6, 6.07) is 18.1. The number of ether oxygens (including phenoxy) is 1. The summed E-state index contributed by atoms with van der Waals surface area (Å²) in [6.07, 6.45) is 0. The van der Waals surface area contributed by atoms with E-state index in [4.69, 9.17) is 19.2 Å². The zero-order valence-corrected chi connectivity index (χ0v) is 14.8. The molecular weight excluding hydrogens is 341 g/mol. The highest BCUT2D eigenvalue weighted by atomic mass is 31.2. The number of hydrogen-bond donors (Lipinski definition) is 1. The molecule has 1 N–H and O–H groups in total. The average Bonchev–Trinajstić information content (AvgIpc) is 2.66. The lowest BCUT2D eigenvalue weighted by Gasteiger charge is -2.18. The molecule has 2 aromatic rings. The first kappa shape index (κ1) is 19.1. The standard InChI is InChI=1S/C18H20NO5P/c1-2-22-18(20)17(19)25(21,23-13-15-9-5-3-6-10-15)24-14-16-11-7-4-8-12-16/h3-12,19H,2,13-14H2,1H3. The van der Waals surface area contributed by atoms with E-state index in [1.807, 2.05) is 36.4 Å². The van der Waals surface area contributed by atoms with Crippen LogP contribution in [-0.2, 0) is 36.4 Å². The van der Waals surface area contributed by atoms with Crippen LogP contribution in [0.4, 0.5) is 0 Å². The van der Waals surface area contributed by atoms with Gasteiger partial charge in [0.15, 0.2) is 0 Å². The van der Waals surface area contributed by atoms with Crippen LogP contribution in [0.15, 0.2) is 60.7 Å². The zero-order valence-electron chi connectivity index (χ0n) is 13.9. The number of rotatable bonds is 9. The molecule has 25 heavy (non-hydrogen) atoms.